The zero-order valence-corrected chi connectivity index (χ0v) is 17.2. The molecule has 0 radical (unpaired) electrons. The molecule has 2 aromatic carbocycles. The number of carbonyl (C=O) groups is 1. The molecule has 0 saturated carbocycles. The number of amides is 1. The van der Waals surface area contributed by atoms with E-state index in [1.165, 1.54) is 11.8 Å². The lowest BCUT2D eigenvalue weighted by atomic mass is 10.1. The molecule has 0 aliphatic heterocycles. The van der Waals surface area contributed by atoms with E-state index in [2.05, 4.69) is 10.5 Å². The average Bonchev–Trinajstić information content (AvgIpc) is 2.69. The summed E-state index contributed by atoms with van der Waals surface area (Å²) in [6.45, 7) is 1.98. The van der Waals surface area contributed by atoms with Gasteiger partial charge in [-0.2, -0.15) is 5.10 Å². The summed E-state index contributed by atoms with van der Waals surface area (Å²) >= 11 is 7.39. The van der Waals surface area contributed by atoms with E-state index in [1.807, 2.05) is 49.4 Å². The predicted octanol–water partition coefficient (Wildman–Crippen LogP) is 4.52. The molecule has 2 aromatic rings. The van der Waals surface area contributed by atoms with Crippen molar-refractivity contribution in [2.45, 2.75) is 19.1 Å². The van der Waals surface area contributed by atoms with Crippen LogP contribution in [0.15, 0.2) is 47.6 Å². The molecule has 1 N–H and O–H groups in total. The fraction of sp³-hybridized carbons (Fsp3) is 0.300. The van der Waals surface area contributed by atoms with Gasteiger partial charge in [-0.3, -0.25) is 4.79 Å². The Balaban J connectivity index is 1.91. The summed E-state index contributed by atoms with van der Waals surface area (Å²) in [5.74, 6) is 2.21. The second-order valence-corrected chi connectivity index (χ2v) is 7.06. The van der Waals surface area contributed by atoms with Crippen LogP contribution in [0.4, 0.5) is 0 Å². The van der Waals surface area contributed by atoms with Crippen LogP contribution in [0.5, 0.6) is 11.5 Å². The van der Waals surface area contributed by atoms with Gasteiger partial charge in [0.15, 0.2) is 11.5 Å². The molecule has 0 unspecified atom stereocenters. The number of rotatable bonds is 9. The van der Waals surface area contributed by atoms with Gasteiger partial charge in [-0.1, -0.05) is 30.7 Å². The lowest BCUT2D eigenvalue weighted by molar-refractivity contribution is -0.118. The van der Waals surface area contributed by atoms with Crippen molar-refractivity contribution in [1.29, 1.82) is 0 Å². The van der Waals surface area contributed by atoms with E-state index in [9.17, 15) is 4.79 Å². The number of carbonyl (C=O) groups excluding carboxylic acids is 1. The molecule has 5 nitrogen and oxygen atoms in total. The van der Waals surface area contributed by atoms with Crippen LogP contribution < -0.4 is 14.9 Å². The lowest BCUT2D eigenvalue weighted by Gasteiger charge is -2.10. The van der Waals surface area contributed by atoms with Gasteiger partial charge in [-0.05, 0) is 42.3 Å². The number of thioether (sulfide) groups is 1. The van der Waals surface area contributed by atoms with Crippen molar-refractivity contribution in [3.8, 4) is 11.5 Å². The van der Waals surface area contributed by atoms with Crippen LogP contribution in [0, 0.1) is 0 Å². The van der Waals surface area contributed by atoms with Crippen molar-refractivity contribution >= 4 is 35.0 Å². The summed E-state index contributed by atoms with van der Waals surface area (Å²) in [6.07, 6.45) is 0.674. The molecular formula is C20H23ClN2O3S. The number of ether oxygens (including phenoxy) is 2. The van der Waals surface area contributed by atoms with E-state index in [-0.39, 0.29) is 5.91 Å². The molecule has 0 aliphatic carbocycles. The number of nitrogens with one attached hydrogen (secondary N) is 1. The maximum absolute atomic E-state index is 12.1. The molecule has 0 atom stereocenters. The fourth-order valence-corrected chi connectivity index (χ4v) is 3.27. The molecule has 1 amide bonds. The summed E-state index contributed by atoms with van der Waals surface area (Å²) in [4.78, 5) is 12.1. The minimum atomic E-state index is -0.139. The molecule has 0 fully saturated rings. The Morgan fingerprint density at radius 2 is 1.81 bits per heavy atom. The Kier molecular flexibility index (Phi) is 8.48. The predicted molar refractivity (Wildman–Crippen MR) is 112 cm³/mol. The quantitative estimate of drug-likeness (QED) is 0.491. The number of methoxy groups -OCH3 is 2. The van der Waals surface area contributed by atoms with E-state index in [0.717, 1.165) is 22.6 Å². The minimum absolute atomic E-state index is 0.139. The molecule has 7 heteroatoms. The number of hydrazone groups is 1. The monoisotopic (exact) mass is 406 g/mol. The number of nitrogens with zero attached hydrogens (tertiary/aromatic N) is 1. The molecule has 144 valence electrons. The molecule has 0 bridgehead atoms. The van der Waals surface area contributed by atoms with Gasteiger partial charge in [-0.25, -0.2) is 5.43 Å². The average molecular weight is 407 g/mol. The van der Waals surface area contributed by atoms with Crippen LogP contribution in [0.1, 0.15) is 24.5 Å². The summed E-state index contributed by atoms with van der Waals surface area (Å²) < 4.78 is 10.6. The van der Waals surface area contributed by atoms with E-state index < -0.39 is 0 Å². The molecule has 0 saturated heterocycles. The van der Waals surface area contributed by atoms with Crippen LogP contribution in [-0.4, -0.2) is 31.6 Å². The first kappa shape index (κ1) is 21.1. The third-order valence-electron chi connectivity index (χ3n) is 3.78. The first-order chi connectivity index (χ1) is 13.1. The van der Waals surface area contributed by atoms with Crippen molar-refractivity contribution in [2.75, 3.05) is 20.0 Å². The molecule has 0 heterocycles. The Hall–Kier alpha value is -2.18. The number of halogens is 1. The van der Waals surface area contributed by atoms with Crippen LogP contribution >= 0.6 is 23.4 Å². The number of hydrogen-bond donors (Lipinski definition) is 1. The van der Waals surface area contributed by atoms with Gasteiger partial charge in [0.25, 0.3) is 0 Å². The maximum atomic E-state index is 12.1. The summed E-state index contributed by atoms with van der Waals surface area (Å²) in [7, 11) is 3.18. The molecule has 27 heavy (non-hydrogen) atoms. The van der Waals surface area contributed by atoms with E-state index in [4.69, 9.17) is 21.1 Å². The van der Waals surface area contributed by atoms with Gasteiger partial charge < -0.3 is 9.47 Å². The van der Waals surface area contributed by atoms with Gasteiger partial charge in [-0.15, -0.1) is 11.8 Å². The first-order valence-corrected chi connectivity index (χ1v) is 10.0. The van der Waals surface area contributed by atoms with Crippen molar-refractivity contribution < 1.29 is 14.3 Å². The van der Waals surface area contributed by atoms with Gasteiger partial charge in [0, 0.05) is 16.3 Å². The normalized spacial score (nSPS) is 11.2. The van der Waals surface area contributed by atoms with E-state index in [0.29, 0.717) is 28.7 Å². The maximum Gasteiger partial charge on any atom is 0.250 e. The number of hydrogen-bond acceptors (Lipinski definition) is 5. The van der Waals surface area contributed by atoms with Crippen LogP contribution in [-0.2, 0) is 10.5 Å². The largest absolute Gasteiger partial charge is 0.493 e. The number of benzene rings is 2. The van der Waals surface area contributed by atoms with E-state index >= 15 is 0 Å². The highest BCUT2D eigenvalue weighted by atomic mass is 35.5. The Labute approximate surface area is 169 Å². The third-order valence-corrected chi connectivity index (χ3v) is 5.04. The first-order valence-electron chi connectivity index (χ1n) is 8.47. The van der Waals surface area contributed by atoms with Crippen molar-refractivity contribution in [3.05, 3.63) is 58.6 Å². The zero-order valence-electron chi connectivity index (χ0n) is 15.6. The molecule has 0 aliphatic rings. The van der Waals surface area contributed by atoms with Gasteiger partial charge in [0.2, 0.25) is 5.91 Å². The Morgan fingerprint density at radius 3 is 2.44 bits per heavy atom. The highest BCUT2D eigenvalue weighted by Gasteiger charge is 2.09. The second-order valence-electron chi connectivity index (χ2n) is 5.64. The van der Waals surface area contributed by atoms with Crippen molar-refractivity contribution in [1.82, 2.24) is 5.43 Å². The highest BCUT2D eigenvalue weighted by molar-refractivity contribution is 7.99. The SMILES string of the molecule is CC/C(=N/NC(=O)CSCc1ccc(Cl)cc1)c1ccc(OC)c(OC)c1. The summed E-state index contributed by atoms with van der Waals surface area (Å²) in [5, 5.41) is 4.98. The smallest absolute Gasteiger partial charge is 0.250 e. The Bertz CT molecular complexity index is 794. The van der Waals surface area contributed by atoms with Gasteiger partial charge in [0.05, 0.1) is 25.7 Å². The lowest BCUT2D eigenvalue weighted by Crippen LogP contribution is -2.21. The van der Waals surface area contributed by atoms with Crippen LogP contribution in [0.25, 0.3) is 0 Å². The summed E-state index contributed by atoms with van der Waals surface area (Å²) in [5.41, 5.74) is 5.40. The topological polar surface area (TPSA) is 59.9 Å². The van der Waals surface area contributed by atoms with Crippen LogP contribution in [0.2, 0.25) is 5.02 Å². The standard InChI is InChI=1S/C20H23ClN2O3S/c1-4-17(15-7-10-18(25-2)19(11-15)26-3)22-23-20(24)13-27-12-14-5-8-16(21)9-6-14/h5-11H,4,12-13H2,1-3H3,(H,23,24)/b22-17-. The minimum Gasteiger partial charge on any atom is -0.493 e. The molecule has 0 spiro atoms. The summed E-state index contributed by atoms with van der Waals surface area (Å²) in [6, 6.07) is 13.2. The van der Waals surface area contributed by atoms with Gasteiger partial charge >= 0.3 is 0 Å². The van der Waals surface area contributed by atoms with Crippen molar-refractivity contribution in [2.24, 2.45) is 5.10 Å². The molecule has 0 aromatic heterocycles. The highest BCUT2D eigenvalue weighted by Crippen LogP contribution is 2.28. The van der Waals surface area contributed by atoms with Crippen molar-refractivity contribution in [3.63, 3.8) is 0 Å². The third kappa shape index (κ3) is 6.48. The zero-order chi connectivity index (χ0) is 19.6. The van der Waals surface area contributed by atoms with E-state index in [1.54, 1.807) is 14.2 Å². The van der Waals surface area contributed by atoms with Gasteiger partial charge in [0.1, 0.15) is 0 Å². The molecule has 2 rings (SSSR count). The molecular weight excluding hydrogens is 384 g/mol. The van der Waals surface area contributed by atoms with Crippen LogP contribution in [0.3, 0.4) is 0 Å². The fourth-order valence-electron chi connectivity index (χ4n) is 2.37. The Morgan fingerprint density at radius 1 is 1.11 bits per heavy atom. The second kappa shape index (κ2) is 10.8.